The molecule has 0 saturated heterocycles. The van der Waals surface area contributed by atoms with E-state index in [1.807, 2.05) is 0 Å². The lowest BCUT2D eigenvalue weighted by atomic mass is 10.4. The van der Waals surface area contributed by atoms with E-state index in [9.17, 15) is 16.8 Å². The van der Waals surface area contributed by atoms with Crippen LogP contribution in [0, 0.1) is 0 Å². The van der Waals surface area contributed by atoms with E-state index in [1.165, 1.54) is 36.4 Å². The summed E-state index contributed by atoms with van der Waals surface area (Å²) in [7, 11) is -7.22. The van der Waals surface area contributed by atoms with Crippen LogP contribution in [-0.4, -0.2) is 22.1 Å². The summed E-state index contributed by atoms with van der Waals surface area (Å²) in [5, 5.41) is -0.604. The SMILES string of the molecule is CC(C)S(=O)(=O)c1cccc(S(=O)(=O)c2ccccc2)c1. The lowest BCUT2D eigenvalue weighted by molar-refractivity contribution is 0.586. The molecule has 2 aromatic rings. The highest BCUT2D eigenvalue weighted by Gasteiger charge is 2.23. The Kier molecular flexibility index (Phi) is 4.20. The van der Waals surface area contributed by atoms with Gasteiger partial charge in [0.1, 0.15) is 0 Å². The van der Waals surface area contributed by atoms with Crippen LogP contribution < -0.4 is 0 Å². The first kappa shape index (κ1) is 15.7. The van der Waals surface area contributed by atoms with Crippen LogP contribution in [0.1, 0.15) is 13.8 Å². The van der Waals surface area contributed by atoms with Crippen LogP contribution in [0.2, 0.25) is 0 Å². The molecule has 6 heteroatoms. The fraction of sp³-hybridized carbons (Fsp3) is 0.200. The van der Waals surface area contributed by atoms with Crippen molar-refractivity contribution in [1.29, 1.82) is 0 Å². The Balaban J connectivity index is 2.58. The zero-order valence-corrected chi connectivity index (χ0v) is 13.4. The maximum atomic E-state index is 12.5. The first-order valence-electron chi connectivity index (χ1n) is 6.40. The van der Waals surface area contributed by atoms with E-state index in [-0.39, 0.29) is 14.7 Å². The molecule has 0 unspecified atom stereocenters. The fourth-order valence-corrected chi connectivity index (χ4v) is 4.33. The third-order valence-electron chi connectivity index (χ3n) is 3.12. The summed E-state index contributed by atoms with van der Waals surface area (Å²) >= 11 is 0. The molecule has 0 aromatic heterocycles. The van der Waals surface area contributed by atoms with E-state index in [2.05, 4.69) is 0 Å². The van der Waals surface area contributed by atoms with Gasteiger partial charge in [-0.3, -0.25) is 0 Å². The van der Waals surface area contributed by atoms with E-state index in [0.717, 1.165) is 0 Å². The Labute approximate surface area is 125 Å². The molecule has 0 amide bonds. The van der Waals surface area contributed by atoms with Crippen LogP contribution >= 0.6 is 0 Å². The molecule has 0 N–H and O–H groups in total. The minimum atomic E-state index is -3.71. The standard InChI is InChI=1S/C15H16O4S2/c1-12(2)20(16,17)14-9-6-10-15(11-14)21(18,19)13-7-4-3-5-8-13/h3-12H,1-2H3. The van der Waals surface area contributed by atoms with Crippen molar-refractivity contribution in [3.8, 4) is 0 Å². The zero-order chi connectivity index (χ0) is 15.7. The first-order valence-corrected chi connectivity index (χ1v) is 9.43. The highest BCUT2D eigenvalue weighted by atomic mass is 32.2. The van der Waals surface area contributed by atoms with Gasteiger partial charge >= 0.3 is 0 Å². The van der Waals surface area contributed by atoms with Gasteiger partial charge in [-0.2, -0.15) is 0 Å². The van der Waals surface area contributed by atoms with E-state index >= 15 is 0 Å². The third kappa shape index (κ3) is 3.01. The summed E-state index contributed by atoms with van der Waals surface area (Å²) < 4.78 is 49.3. The molecule has 2 rings (SSSR count). The summed E-state index contributed by atoms with van der Waals surface area (Å²) in [6.07, 6.45) is 0. The molecule has 0 radical (unpaired) electrons. The lowest BCUT2D eigenvalue weighted by Crippen LogP contribution is -2.14. The second-order valence-electron chi connectivity index (χ2n) is 4.89. The second-order valence-corrected chi connectivity index (χ2v) is 9.34. The van der Waals surface area contributed by atoms with Crippen molar-refractivity contribution in [2.75, 3.05) is 0 Å². The van der Waals surface area contributed by atoms with Crippen molar-refractivity contribution in [2.45, 2.75) is 33.8 Å². The fourth-order valence-electron chi connectivity index (χ4n) is 1.83. The number of hydrogen-bond donors (Lipinski definition) is 0. The van der Waals surface area contributed by atoms with Gasteiger partial charge < -0.3 is 0 Å². The van der Waals surface area contributed by atoms with Crippen LogP contribution in [0.3, 0.4) is 0 Å². The van der Waals surface area contributed by atoms with Crippen LogP contribution in [0.4, 0.5) is 0 Å². The number of benzene rings is 2. The molecular formula is C15H16O4S2. The van der Waals surface area contributed by atoms with E-state index in [1.54, 1.807) is 32.0 Å². The van der Waals surface area contributed by atoms with Gasteiger partial charge in [0, 0.05) is 0 Å². The molecule has 0 aliphatic rings. The molecule has 0 atom stereocenters. The van der Waals surface area contributed by atoms with Gasteiger partial charge in [0.15, 0.2) is 9.84 Å². The zero-order valence-electron chi connectivity index (χ0n) is 11.7. The average molecular weight is 324 g/mol. The molecular weight excluding hydrogens is 308 g/mol. The van der Waals surface area contributed by atoms with Crippen molar-refractivity contribution in [3.05, 3.63) is 54.6 Å². The summed E-state index contributed by atoms with van der Waals surface area (Å²) in [5.74, 6) is 0. The minimum Gasteiger partial charge on any atom is -0.223 e. The highest BCUT2D eigenvalue weighted by molar-refractivity contribution is 7.92. The molecule has 4 nitrogen and oxygen atoms in total. The Morgan fingerprint density at radius 2 is 1.24 bits per heavy atom. The van der Waals surface area contributed by atoms with E-state index in [0.29, 0.717) is 0 Å². The molecule has 0 spiro atoms. The van der Waals surface area contributed by atoms with Crippen LogP contribution in [-0.2, 0) is 19.7 Å². The van der Waals surface area contributed by atoms with Crippen molar-refractivity contribution >= 4 is 19.7 Å². The van der Waals surface area contributed by atoms with Crippen molar-refractivity contribution in [3.63, 3.8) is 0 Å². The number of hydrogen-bond acceptors (Lipinski definition) is 4. The van der Waals surface area contributed by atoms with Gasteiger partial charge in [0.05, 0.1) is 19.9 Å². The molecule has 0 saturated carbocycles. The maximum Gasteiger partial charge on any atom is 0.206 e. The van der Waals surface area contributed by atoms with Gasteiger partial charge in [0.2, 0.25) is 9.84 Å². The van der Waals surface area contributed by atoms with Crippen molar-refractivity contribution < 1.29 is 16.8 Å². The van der Waals surface area contributed by atoms with Crippen LogP contribution in [0.25, 0.3) is 0 Å². The normalized spacial score (nSPS) is 12.5. The monoisotopic (exact) mass is 324 g/mol. The summed E-state index contributed by atoms with van der Waals surface area (Å²) in [4.78, 5) is 0.147. The van der Waals surface area contributed by atoms with Crippen LogP contribution in [0.5, 0.6) is 0 Å². The minimum absolute atomic E-state index is 0.0181. The molecule has 0 bridgehead atoms. The molecule has 0 aliphatic carbocycles. The molecule has 21 heavy (non-hydrogen) atoms. The quantitative estimate of drug-likeness (QED) is 0.867. The molecule has 0 heterocycles. The van der Waals surface area contributed by atoms with Gasteiger partial charge in [0.25, 0.3) is 0 Å². The molecule has 2 aromatic carbocycles. The van der Waals surface area contributed by atoms with Crippen molar-refractivity contribution in [1.82, 2.24) is 0 Å². The first-order chi connectivity index (χ1) is 9.76. The number of rotatable bonds is 4. The third-order valence-corrected chi connectivity index (χ3v) is 7.04. The number of sulfone groups is 2. The largest absolute Gasteiger partial charge is 0.223 e. The predicted molar refractivity (Wildman–Crippen MR) is 80.7 cm³/mol. The second kappa shape index (κ2) is 5.61. The predicted octanol–water partition coefficient (Wildman–Crippen LogP) is 2.70. The Hall–Kier alpha value is -1.66. The summed E-state index contributed by atoms with van der Waals surface area (Å²) in [6.45, 7) is 3.13. The smallest absolute Gasteiger partial charge is 0.206 e. The molecule has 112 valence electrons. The molecule has 0 fully saturated rings. The van der Waals surface area contributed by atoms with Gasteiger partial charge in [-0.15, -0.1) is 0 Å². The topological polar surface area (TPSA) is 68.3 Å². The van der Waals surface area contributed by atoms with Gasteiger partial charge in [-0.1, -0.05) is 24.3 Å². The Morgan fingerprint density at radius 1 is 0.714 bits per heavy atom. The van der Waals surface area contributed by atoms with Gasteiger partial charge in [-0.25, -0.2) is 16.8 Å². The van der Waals surface area contributed by atoms with Gasteiger partial charge in [-0.05, 0) is 44.2 Å². The summed E-state index contributed by atoms with van der Waals surface area (Å²) in [5.41, 5.74) is 0. The molecule has 0 aliphatic heterocycles. The summed E-state index contributed by atoms with van der Waals surface area (Å²) in [6, 6.07) is 13.4. The van der Waals surface area contributed by atoms with E-state index in [4.69, 9.17) is 0 Å². The van der Waals surface area contributed by atoms with Crippen LogP contribution in [0.15, 0.2) is 69.3 Å². The van der Waals surface area contributed by atoms with Crippen molar-refractivity contribution in [2.24, 2.45) is 0 Å². The maximum absolute atomic E-state index is 12.5. The Morgan fingerprint density at radius 3 is 1.81 bits per heavy atom. The van der Waals surface area contributed by atoms with E-state index < -0.39 is 24.9 Å². The Bertz CT molecular complexity index is 836. The lowest BCUT2D eigenvalue weighted by Gasteiger charge is -2.10. The highest BCUT2D eigenvalue weighted by Crippen LogP contribution is 2.24. The average Bonchev–Trinajstić information content (AvgIpc) is 2.48.